The number of halogens is 1. The lowest BCUT2D eigenvalue weighted by Crippen LogP contribution is -2.53. The van der Waals surface area contributed by atoms with E-state index in [9.17, 15) is 0 Å². The molecule has 3 unspecified atom stereocenters. The summed E-state index contributed by atoms with van der Waals surface area (Å²) >= 11 is 0. The zero-order valence-electron chi connectivity index (χ0n) is 15.5. The maximum atomic E-state index is 5.98. The summed E-state index contributed by atoms with van der Waals surface area (Å²) < 4.78 is 11.8. The van der Waals surface area contributed by atoms with Gasteiger partial charge in [-0.25, -0.2) is 0 Å². The van der Waals surface area contributed by atoms with Gasteiger partial charge in [0, 0.05) is 38.7 Å². The second-order valence-corrected chi connectivity index (χ2v) is 7.20. The molecule has 3 atom stereocenters. The lowest BCUT2D eigenvalue weighted by atomic mass is 9.78. The van der Waals surface area contributed by atoms with E-state index < -0.39 is 0 Å². The molecule has 0 amide bonds. The van der Waals surface area contributed by atoms with Crippen molar-refractivity contribution in [2.75, 3.05) is 39.4 Å². The van der Waals surface area contributed by atoms with Gasteiger partial charge in [-0.1, -0.05) is 24.3 Å². The van der Waals surface area contributed by atoms with Gasteiger partial charge in [0.15, 0.2) is 5.96 Å². The molecule has 1 aliphatic carbocycles. The van der Waals surface area contributed by atoms with E-state index >= 15 is 0 Å². The Balaban J connectivity index is 0.00000196. The average molecular weight is 471 g/mol. The van der Waals surface area contributed by atoms with Crippen LogP contribution in [0.1, 0.15) is 36.8 Å². The van der Waals surface area contributed by atoms with Gasteiger partial charge in [0.05, 0.1) is 12.7 Å². The van der Waals surface area contributed by atoms with E-state index in [2.05, 4.69) is 41.4 Å². The van der Waals surface area contributed by atoms with Gasteiger partial charge in [-0.3, -0.25) is 4.99 Å². The topological polar surface area (TPSA) is 46.1 Å². The number of aliphatic imine (C=N–C) groups is 1. The van der Waals surface area contributed by atoms with Crippen LogP contribution >= 0.6 is 24.0 Å². The lowest BCUT2D eigenvalue weighted by molar-refractivity contribution is -0.0817. The number of hydrogen-bond acceptors (Lipinski definition) is 3. The minimum absolute atomic E-state index is 0. The predicted molar refractivity (Wildman–Crippen MR) is 115 cm³/mol. The molecule has 0 radical (unpaired) electrons. The Bertz CT molecular complexity index is 619. The fraction of sp³-hybridized carbons (Fsp3) is 0.650. The van der Waals surface area contributed by atoms with E-state index in [1.807, 2.05) is 0 Å². The van der Waals surface area contributed by atoms with Crippen LogP contribution in [-0.2, 0) is 15.9 Å². The Morgan fingerprint density at radius 3 is 2.85 bits per heavy atom. The smallest absolute Gasteiger partial charge is 0.194 e. The van der Waals surface area contributed by atoms with Crippen molar-refractivity contribution in [1.82, 2.24) is 10.2 Å². The molecule has 3 aliphatic rings. The number of rotatable bonds is 4. The van der Waals surface area contributed by atoms with Gasteiger partial charge in [0.1, 0.15) is 6.10 Å². The van der Waals surface area contributed by atoms with Crippen LogP contribution in [0.5, 0.6) is 0 Å². The molecule has 5 nitrogen and oxygen atoms in total. The van der Waals surface area contributed by atoms with Gasteiger partial charge in [-0.05, 0) is 37.3 Å². The van der Waals surface area contributed by atoms with E-state index in [-0.39, 0.29) is 36.2 Å². The number of ether oxygens (including phenoxy) is 2. The summed E-state index contributed by atoms with van der Waals surface area (Å²) in [7, 11) is 0. The SMILES string of the molecule is CCNC(=NCC1Cc2ccccc21)N1CCOC(C2CCCO2)C1.I. The summed E-state index contributed by atoms with van der Waals surface area (Å²) in [5.41, 5.74) is 2.96. The number of guanidine groups is 1. The van der Waals surface area contributed by atoms with Gasteiger partial charge in [0.2, 0.25) is 0 Å². The highest BCUT2D eigenvalue weighted by molar-refractivity contribution is 14.0. The molecule has 144 valence electrons. The molecular weight excluding hydrogens is 441 g/mol. The molecule has 2 aliphatic heterocycles. The predicted octanol–water partition coefficient (Wildman–Crippen LogP) is 2.79. The zero-order chi connectivity index (χ0) is 17.1. The van der Waals surface area contributed by atoms with Crippen molar-refractivity contribution in [1.29, 1.82) is 0 Å². The molecule has 1 aromatic rings. The standard InChI is InChI=1S/C20H29N3O2.HI/c1-2-21-20(22-13-16-12-15-6-3-4-7-17(15)16)23-9-11-25-19(14-23)18-8-5-10-24-18;/h3-4,6-7,16,18-19H,2,5,8-14H2,1H3,(H,21,22);1H. The second kappa shape index (κ2) is 9.37. The molecule has 4 rings (SSSR count). The van der Waals surface area contributed by atoms with Crippen molar-refractivity contribution in [2.24, 2.45) is 4.99 Å². The molecule has 6 heteroatoms. The van der Waals surface area contributed by atoms with Crippen LogP contribution in [-0.4, -0.2) is 62.5 Å². The van der Waals surface area contributed by atoms with Crippen molar-refractivity contribution in [3.05, 3.63) is 35.4 Å². The Morgan fingerprint density at radius 1 is 1.23 bits per heavy atom. The molecule has 1 N–H and O–H groups in total. The highest BCUT2D eigenvalue weighted by Gasteiger charge is 2.32. The summed E-state index contributed by atoms with van der Waals surface area (Å²) in [5, 5.41) is 3.47. The molecule has 0 saturated carbocycles. The Kier molecular flexibility index (Phi) is 7.17. The van der Waals surface area contributed by atoms with E-state index in [4.69, 9.17) is 14.5 Å². The number of benzene rings is 1. The fourth-order valence-corrected chi connectivity index (χ4v) is 4.14. The largest absolute Gasteiger partial charge is 0.375 e. The average Bonchev–Trinajstić information content (AvgIpc) is 3.16. The zero-order valence-corrected chi connectivity index (χ0v) is 17.9. The first-order valence-corrected chi connectivity index (χ1v) is 9.69. The van der Waals surface area contributed by atoms with Crippen LogP contribution in [0, 0.1) is 0 Å². The van der Waals surface area contributed by atoms with E-state index in [1.54, 1.807) is 0 Å². The summed E-state index contributed by atoms with van der Waals surface area (Å²) in [6.45, 7) is 7.28. The number of nitrogens with zero attached hydrogens (tertiary/aromatic N) is 2. The van der Waals surface area contributed by atoms with Crippen molar-refractivity contribution >= 4 is 29.9 Å². The van der Waals surface area contributed by atoms with Crippen LogP contribution < -0.4 is 5.32 Å². The maximum Gasteiger partial charge on any atom is 0.194 e. The van der Waals surface area contributed by atoms with E-state index in [0.717, 1.165) is 64.6 Å². The first kappa shape index (κ1) is 19.9. The molecule has 1 aromatic carbocycles. The maximum absolute atomic E-state index is 5.98. The molecule has 2 fully saturated rings. The van der Waals surface area contributed by atoms with Crippen LogP contribution in [0.2, 0.25) is 0 Å². The molecule has 2 saturated heterocycles. The Hall–Kier alpha value is -0.860. The third-order valence-corrected chi connectivity index (χ3v) is 5.53. The van der Waals surface area contributed by atoms with Crippen molar-refractivity contribution in [3.8, 4) is 0 Å². The first-order valence-electron chi connectivity index (χ1n) is 9.69. The summed E-state index contributed by atoms with van der Waals surface area (Å²) in [4.78, 5) is 7.31. The number of morpholine rings is 1. The molecule has 26 heavy (non-hydrogen) atoms. The van der Waals surface area contributed by atoms with Crippen LogP contribution in [0.4, 0.5) is 0 Å². The second-order valence-electron chi connectivity index (χ2n) is 7.20. The summed E-state index contributed by atoms with van der Waals surface area (Å²) in [5.74, 6) is 1.60. The van der Waals surface area contributed by atoms with Crippen LogP contribution in [0.25, 0.3) is 0 Å². The molecule has 0 spiro atoms. The van der Waals surface area contributed by atoms with Gasteiger partial charge >= 0.3 is 0 Å². The lowest BCUT2D eigenvalue weighted by Gasteiger charge is -2.37. The third kappa shape index (κ3) is 4.34. The van der Waals surface area contributed by atoms with Crippen LogP contribution in [0.15, 0.2) is 29.3 Å². The Labute approximate surface area is 173 Å². The quantitative estimate of drug-likeness (QED) is 0.417. The number of hydrogen-bond donors (Lipinski definition) is 1. The highest BCUT2D eigenvalue weighted by Crippen LogP contribution is 2.34. The minimum atomic E-state index is 0. The van der Waals surface area contributed by atoms with Gasteiger partial charge in [0.25, 0.3) is 0 Å². The van der Waals surface area contributed by atoms with Crippen molar-refractivity contribution in [2.45, 2.75) is 44.3 Å². The van der Waals surface area contributed by atoms with Crippen molar-refractivity contribution in [3.63, 3.8) is 0 Å². The van der Waals surface area contributed by atoms with Crippen molar-refractivity contribution < 1.29 is 9.47 Å². The normalized spacial score (nSPS) is 28.1. The molecule has 0 aromatic heterocycles. The summed E-state index contributed by atoms with van der Waals surface area (Å²) in [6, 6.07) is 8.73. The van der Waals surface area contributed by atoms with E-state index in [0.29, 0.717) is 5.92 Å². The monoisotopic (exact) mass is 471 g/mol. The van der Waals surface area contributed by atoms with Crippen LogP contribution in [0.3, 0.4) is 0 Å². The molecular formula is C20H30IN3O2. The highest BCUT2D eigenvalue weighted by atomic mass is 127. The summed E-state index contributed by atoms with van der Waals surface area (Å²) in [6.07, 6.45) is 3.85. The number of nitrogens with one attached hydrogen (secondary N) is 1. The first-order chi connectivity index (χ1) is 12.3. The third-order valence-electron chi connectivity index (χ3n) is 5.53. The number of fused-ring (bicyclic) bond motifs is 1. The fourth-order valence-electron chi connectivity index (χ4n) is 4.14. The molecule has 2 heterocycles. The van der Waals surface area contributed by atoms with E-state index in [1.165, 1.54) is 11.1 Å². The Morgan fingerprint density at radius 2 is 2.08 bits per heavy atom. The minimum Gasteiger partial charge on any atom is -0.375 e. The molecule has 0 bridgehead atoms. The van der Waals surface area contributed by atoms with Gasteiger partial charge in [-0.15, -0.1) is 24.0 Å². The van der Waals surface area contributed by atoms with Gasteiger partial charge < -0.3 is 19.7 Å². The van der Waals surface area contributed by atoms with Gasteiger partial charge in [-0.2, -0.15) is 0 Å².